The Bertz CT molecular complexity index is 933. The number of carboxylic acid groups (broad SMARTS) is 1. The molecule has 3 rings (SSSR count). The molecule has 1 aliphatic rings. The van der Waals surface area contributed by atoms with Crippen LogP contribution in [0.2, 0.25) is 0 Å². The Balaban J connectivity index is 1.82. The molecule has 2 aromatic rings. The Morgan fingerprint density at radius 1 is 1.17 bits per heavy atom. The number of urea groups is 1. The van der Waals surface area contributed by atoms with Gasteiger partial charge in [-0.05, 0) is 48.9 Å². The number of ether oxygens (including phenoxy) is 1. The number of likely N-dealkylation sites (tertiary alicyclic amines) is 1. The van der Waals surface area contributed by atoms with E-state index >= 15 is 0 Å². The lowest BCUT2D eigenvalue weighted by atomic mass is 9.94. The minimum Gasteiger partial charge on any atom is -0.497 e. The van der Waals surface area contributed by atoms with E-state index < -0.39 is 41.7 Å². The molecule has 1 saturated heterocycles. The fourth-order valence-electron chi connectivity index (χ4n) is 3.39. The van der Waals surface area contributed by atoms with Crippen LogP contribution in [-0.2, 0) is 9.59 Å². The van der Waals surface area contributed by atoms with Crippen LogP contribution < -0.4 is 15.4 Å². The van der Waals surface area contributed by atoms with E-state index in [1.54, 1.807) is 24.3 Å². The maximum atomic E-state index is 13.0. The first-order valence-electron chi connectivity index (χ1n) is 9.30. The molecule has 3 amide bonds. The monoisotopic (exact) mass is 415 g/mol. The highest BCUT2D eigenvalue weighted by molar-refractivity contribution is 5.96. The van der Waals surface area contributed by atoms with E-state index in [9.17, 15) is 23.9 Å². The second-order valence-electron chi connectivity index (χ2n) is 6.97. The standard InChI is InChI=1S/C21H22FN3O5/c1-12(20(27)28)25-11-17(13-3-9-16(30-2)10-4-13)18(19(25)26)24-21(29)23-15-7-5-14(22)6-8-15/h3-10,12,17-18H,11H2,1-2H3,(H,27,28)(H2,23,24,29). The zero-order chi connectivity index (χ0) is 21.8. The van der Waals surface area contributed by atoms with Crippen LogP contribution in [-0.4, -0.2) is 53.7 Å². The van der Waals surface area contributed by atoms with Crippen molar-refractivity contribution in [3.63, 3.8) is 0 Å². The van der Waals surface area contributed by atoms with Gasteiger partial charge in [-0.25, -0.2) is 14.0 Å². The summed E-state index contributed by atoms with van der Waals surface area (Å²) in [6.45, 7) is 1.56. The lowest BCUT2D eigenvalue weighted by molar-refractivity contribution is -0.147. The number of anilines is 1. The van der Waals surface area contributed by atoms with Gasteiger partial charge in [-0.3, -0.25) is 4.79 Å². The third-order valence-electron chi connectivity index (χ3n) is 5.10. The van der Waals surface area contributed by atoms with Crippen LogP contribution in [0.1, 0.15) is 18.4 Å². The van der Waals surface area contributed by atoms with Crippen molar-refractivity contribution in [3.05, 3.63) is 59.9 Å². The molecule has 3 unspecified atom stereocenters. The zero-order valence-electron chi connectivity index (χ0n) is 16.5. The van der Waals surface area contributed by atoms with E-state index in [1.165, 1.54) is 43.2 Å². The minimum absolute atomic E-state index is 0.139. The summed E-state index contributed by atoms with van der Waals surface area (Å²) in [6, 6.07) is 9.57. The normalized spacial score (nSPS) is 19.3. The molecule has 1 aliphatic heterocycles. The molecule has 1 fully saturated rings. The Hall–Kier alpha value is -3.62. The minimum atomic E-state index is -1.13. The summed E-state index contributed by atoms with van der Waals surface area (Å²) in [7, 11) is 1.54. The van der Waals surface area contributed by atoms with Gasteiger partial charge in [0.05, 0.1) is 7.11 Å². The number of rotatable bonds is 6. The average Bonchev–Trinajstić information content (AvgIpc) is 3.05. The summed E-state index contributed by atoms with van der Waals surface area (Å²) < 4.78 is 18.2. The number of nitrogens with one attached hydrogen (secondary N) is 2. The number of benzene rings is 2. The summed E-state index contributed by atoms with van der Waals surface area (Å²) in [5.74, 6) is -1.88. The smallest absolute Gasteiger partial charge is 0.326 e. The van der Waals surface area contributed by atoms with Crippen LogP contribution in [0, 0.1) is 5.82 Å². The zero-order valence-corrected chi connectivity index (χ0v) is 16.5. The van der Waals surface area contributed by atoms with E-state index in [1.807, 2.05) is 0 Å². The van der Waals surface area contributed by atoms with Crippen molar-refractivity contribution in [2.24, 2.45) is 0 Å². The first-order valence-corrected chi connectivity index (χ1v) is 9.30. The van der Waals surface area contributed by atoms with Gasteiger partial charge in [-0.15, -0.1) is 0 Å². The Morgan fingerprint density at radius 3 is 2.37 bits per heavy atom. The molecule has 0 spiro atoms. The molecule has 158 valence electrons. The van der Waals surface area contributed by atoms with Crippen LogP contribution in [0.4, 0.5) is 14.9 Å². The SMILES string of the molecule is COc1ccc(C2CN(C(C)C(=O)O)C(=O)C2NC(=O)Nc2ccc(F)cc2)cc1. The van der Waals surface area contributed by atoms with Gasteiger partial charge in [-0.2, -0.15) is 0 Å². The van der Waals surface area contributed by atoms with Crippen molar-refractivity contribution in [1.82, 2.24) is 10.2 Å². The molecule has 0 saturated carbocycles. The highest BCUT2D eigenvalue weighted by Gasteiger charge is 2.45. The second-order valence-corrected chi connectivity index (χ2v) is 6.97. The number of carbonyl (C=O) groups excluding carboxylic acids is 2. The molecule has 3 N–H and O–H groups in total. The number of nitrogens with zero attached hydrogens (tertiary/aromatic N) is 1. The van der Waals surface area contributed by atoms with Gasteiger partial charge >= 0.3 is 12.0 Å². The predicted molar refractivity (Wildman–Crippen MR) is 107 cm³/mol. The molecule has 9 heteroatoms. The van der Waals surface area contributed by atoms with Gasteiger partial charge < -0.3 is 25.4 Å². The maximum Gasteiger partial charge on any atom is 0.326 e. The number of amides is 3. The molecule has 0 bridgehead atoms. The second kappa shape index (κ2) is 8.81. The van der Waals surface area contributed by atoms with Gasteiger partial charge in [0.15, 0.2) is 0 Å². The maximum absolute atomic E-state index is 13.0. The Labute approximate surface area is 172 Å². The number of hydrogen-bond acceptors (Lipinski definition) is 4. The molecular weight excluding hydrogens is 393 g/mol. The average molecular weight is 415 g/mol. The molecule has 0 aliphatic carbocycles. The highest BCUT2D eigenvalue weighted by Crippen LogP contribution is 2.31. The number of carbonyl (C=O) groups is 3. The first kappa shape index (κ1) is 21.1. The topological polar surface area (TPSA) is 108 Å². The van der Waals surface area contributed by atoms with Gasteiger partial charge in [0.2, 0.25) is 5.91 Å². The van der Waals surface area contributed by atoms with Gasteiger partial charge in [0, 0.05) is 18.2 Å². The van der Waals surface area contributed by atoms with E-state index in [0.29, 0.717) is 11.4 Å². The lowest BCUT2D eigenvalue weighted by Crippen LogP contribution is -2.47. The third-order valence-corrected chi connectivity index (χ3v) is 5.10. The van der Waals surface area contributed by atoms with E-state index in [4.69, 9.17) is 4.74 Å². The molecular formula is C21H22FN3O5. The number of methoxy groups -OCH3 is 1. The van der Waals surface area contributed by atoms with Crippen LogP contribution in [0.15, 0.2) is 48.5 Å². The van der Waals surface area contributed by atoms with E-state index in [0.717, 1.165) is 5.56 Å². The lowest BCUT2D eigenvalue weighted by Gasteiger charge is -2.21. The van der Waals surface area contributed by atoms with Crippen LogP contribution in [0.25, 0.3) is 0 Å². The number of hydrogen-bond donors (Lipinski definition) is 3. The fraction of sp³-hybridized carbons (Fsp3) is 0.286. The highest BCUT2D eigenvalue weighted by atomic mass is 19.1. The molecule has 1 heterocycles. The molecule has 3 atom stereocenters. The number of carboxylic acids is 1. The largest absolute Gasteiger partial charge is 0.497 e. The predicted octanol–water partition coefficient (Wildman–Crippen LogP) is 2.42. The van der Waals surface area contributed by atoms with Crippen molar-refractivity contribution in [3.8, 4) is 5.75 Å². The molecule has 2 aromatic carbocycles. The van der Waals surface area contributed by atoms with Gasteiger partial charge in [0.25, 0.3) is 0 Å². The molecule has 0 radical (unpaired) electrons. The van der Waals surface area contributed by atoms with Crippen molar-refractivity contribution in [2.45, 2.75) is 24.9 Å². The van der Waals surface area contributed by atoms with E-state index in [2.05, 4.69) is 10.6 Å². The van der Waals surface area contributed by atoms with Gasteiger partial charge in [0.1, 0.15) is 23.7 Å². The van der Waals surface area contributed by atoms with Crippen LogP contribution in [0.5, 0.6) is 5.75 Å². The number of halogens is 1. The van der Waals surface area contributed by atoms with Crippen LogP contribution >= 0.6 is 0 Å². The van der Waals surface area contributed by atoms with Crippen molar-refractivity contribution in [1.29, 1.82) is 0 Å². The van der Waals surface area contributed by atoms with Crippen molar-refractivity contribution < 1.29 is 28.6 Å². The van der Waals surface area contributed by atoms with E-state index in [-0.39, 0.29) is 6.54 Å². The third kappa shape index (κ3) is 4.51. The van der Waals surface area contributed by atoms with Crippen LogP contribution in [0.3, 0.4) is 0 Å². The fourth-order valence-corrected chi connectivity index (χ4v) is 3.39. The number of aliphatic carboxylic acids is 1. The van der Waals surface area contributed by atoms with Crippen molar-refractivity contribution in [2.75, 3.05) is 19.0 Å². The quantitative estimate of drug-likeness (QED) is 0.672. The van der Waals surface area contributed by atoms with Crippen molar-refractivity contribution >= 4 is 23.6 Å². The summed E-state index contributed by atoms with van der Waals surface area (Å²) in [5, 5.41) is 14.5. The molecule has 8 nitrogen and oxygen atoms in total. The molecule has 0 aromatic heterocycles. The Kier molecular flexibility index (Phi) is 6.20. The summed E-state index contributed by atoms with van der Waals surface area (Å²) >= 11 is 0. The summed E-state index contributed by atoms with van der Waals surface area (Å²) in [6.07, 6.45) is 0. The Morgan fingerprint density at radius 2 is 1.80 bits per heavy atom. The first-order chi connectivity index (χ1) is 14.3. The summed E-state index contributed by atoms with van der Waals surface area (Å²) in [4.78, 5) is 38.1. The molecule has 30 heavy (non-hydrogen) atoms. The van der Waals surface area contributed by atoms with Gasteiger partial charge in [-0.1, -0.05) is 12.1 Å². The summed E-state index contributed by atoms with van der Waals surface area (Å²) in [5.41, 5.74) is 1.12.